The number of halogens is 1. The Balaban J connectivity index is 1.27. The fourth-order valence-corrected chi connectivity index (χ4v) is 3.60. The van der Waals surface area contributed by atoms with Gasteiger partial charge in [0.1, 0.15) is 24.8 Å². The lowest BCUT2D eigenvalue weighted by Crippen LogP contribution is -2.22. The average molecular weight is 478 g/mol. The molecular weight excluding hydrogens is 457 g/mol. The molecule has 0 saturated heterocycles. The van der Waals surface area contributed by atoms with Crippen molar-refractivity contribution in [1.29, 1.82) is 0 Å². The molecular formula is C25H20FN3O4S. The predicted molar refractivity (Wildman–Crippen MR) is 124 cm³/mol. The van der Waals surface area contributed by atoms with Crippen molar-refractivity contribution in [3.8, 4) is 5.75 Å². The summed E-state index contributed by atoms with van der Waals surface area (Å²) in [5.74, 6) is -0.746. The number of benzene rings is 3. The van der Waals surface area contributed by atoms with E-state index in [1.807, 2.05) is 30.3 Å². The molecule has 4 aromatic rings. The zero-order chi connectivity index (χ0) is 23.8. The fraction of sp³-hybridized carbons (Fsp3) is 0.120. The molecule has 0 saturated carbocycles. The number of amides is 1. The Morgan fingerprint density at radius 3 is 2.47 bits per heavy atom. The molecule has 0 aliphatic rings. The average Bonchev–Trinajstić information content (AvgIpc) is 3.35. The van der Waals surface area contributed by atoms with Crippen LogP contribution in [0.2, 0.25) is 0 Å². The van der Waals surface area contributed by atoms with Crippen molar-refractivity contribution in [3.63, 3.8) is 0 Å². The van der Waals surface area contributed by atoms with Crippen molar-refractivity contribution in [2.75, 3.05) is 0 Å². The van der Waals surface area contributed by atoms with Gasteiger partial charge >= 0.3 is 5.97 Å². The maximum absolute atomic E-state index is 13.0. The van der Waals surface area contributed by atoms with E-state index in [-0.39, 0.29) is 24.0 Å². The number of hydrogen-bond acceptors (Lipinski definition) is 7. The molecule has 0 aliphatic heterocycles. The summed E-state index contributed by atoms with van der Waals surface area (Å²) < 4.78 is 24.0. The maximum atomic E-state index is 13.0. The van der Waals surface area contributed by atoms with Gasteiger partial charge in [0, 0.05) is 6.54 Å². The Hall–Kier alpha value is -4.11. The number of hydrogen-bond donors (Lipinski definition) is 1. The van der Waals surface area contributed by atoms with Crippen LogP contribution >= 0.6 is 11.3 Å². The van der Waals surface area contributed by atoms with E-state index in [0.29, 0.717) is 22.9 Å². The number of carbonyl (C=O) groups is 2. The van der Waals surface area contributed by atoms with Gasteiger partial charge in [-0.25, -0.2) is 9.18 Å². The third kappa shape index (κ3) is 6.46. The van der Waals surface area contributed by atoms with E-state index in [4.69, 9.17) is 9.47 Å². The first-order valence-corrected chi connectivity index (χ1v) is 11.2. The zero-order valence-corrected chi connectivity index (χ0v) is 18.8. The number of carbonyl (C=O) groups excluding carboxylic acids is 2. The molecule has 34 heavy (non-hydrogen) atoms. The number of nitrogens with one attached hydrogen (secondary N) is 1. The highest BCUT2D eigenvalue weighted by Gasteiger charge is 2.15. The molecule has 0 spiro atoms. The standard InChI is InChI=1S/C25H20FN3O4S/c26-20-11-9-17(10-12-20)14-27-23(30)24-29-28-22(34-24)16-33-25(31)19-7-4-8-21(13-19)32-15-18-5-2-1-3-6-18/h1-13H,14-16H2,(H,27,30). The van der Waals surface area contributed by atoms with Crippen LogP contribution in [-0.4, -0.2) is 22.1 Å². The van der Waals surface area contributed by atoms with Crippen molar-refractivity contribution in [3.05, 3.63) is 111 Å². The maximum Gasteiger partial charge on any atom is 0.338 e. The molecule has 9 heteroatoms. The van der Waals surface area contributed by atoms with Crippen molar-refractivity contribution in [2.24, 2.45) is 0 Å². The lowest BCUT2D eigenvalue weighted by atomic mass is 10.2. The first kappa shape index (κ1) is 23.1. The second kappa shape index (κ2) is 11.2. The molecule has 0 atom stereocenters. The SMILES string of the molecule is O=C(OCc1nnc(C(=O)NCc2ccc(F)cc2)s1)c1cccc(OCc2ccccc2)c1. The molecule has 1 amide bonds. The second-order valence-electron chi connectivity index (χ2n) is 7.19. The van der Waals surface area contributed by atoms with Crippen molar-refractivity contribution in [1.82, 2.24) is 15.5 Å². The predicted octanol–water partition coefficient (Wildman–Crippen LogP) is 4.54. The fourth-order valence-electron chi connectivity index (χ4n) is 2.93. The number of esters is 1. The first-order chi connectivity index (χ1) is 16.6. The van der Waals surface area contributed by atoms with Gasteiger partial charge in [-0.3, -0.25) is 4.79 Å². The van der Waals surface area contributed by atoms with Crippen LogP contribution in [0.15, 0.2) is 78.9 Å². The van der Waals surface area contributed by atoms with E-state index in [1.54, 1.807) is 36.4 Å². The number of aromatic nitrogens is 2. The summed E-state index contributed by atoms with van der Waals surface area (Å²) in [6, 6.07) is 22.2. The van der Waals surface area contributed by atoms with E-state index in [9.17, 15) is 14.0 Å². The lowest BCUT2D eigenvalue weighted by Gasteiger charge is -2.08. The van der Waals surface area contributed by atoms with E-state index in [0.717, 1.165) is 22.5 Å². The monoisotopic (exact) mass is 477 g/mol. The zero-order valence-electron chi connectivity index (χ0n) is 17.9. The first-order valence-electron chi connectivity index (χ1n) is 10.4. The van der Waals surface area contributed by atoms with Crippen LogP contribution in [0.4, 0.5) is 4.39 Å². The summed E-state index contributed by atoms with van der Waals surface area (Å²) in [6.45, 7) is 0.499. The highest BCUT2D eigenvalue weighted by Crippen LogP contribution is 2.17. The minimum atomic E-state index is -0.539. The summed E-state index contributed by atoms with van der Waals surface area (Å²) in [6.07, 6.45) is 0. The largest absolute Gasteiger partial charge is 0.489 e. The van der Waals surface area contributed by atoms with E-state index in [1.165, 1.54) is 12.1 Å². The minimum Gasteiger partial charge on any atom is -0.489 e. The molecule has 1 N–H and O–H groups in total. The summed E-state index contributed by atoms with van der Waals surface area (Å²) >= 11 is 1.03. The number of rotatable bonds is 9. The molecule has 1 heterocycles. The summed E-state index contributed by atoms with van der Waals surface area (Å²) in [5, 5.41) is 11.0. The quantitative estimate of drug-likeness (QED) is 0.356. The van der Waals surface area contributed by atoms with Gasteiger partial charge in [0.15, 0.2) is 5.01 Å². The van der Waals surface area contributed by atoms with Crippen LogP contribution in [0.25, 0.3) is 0 Å². The summed E-state index contributed by atoms with van der Waals surface area (Å²) in [5.41, 5.74) is 2.11. The Bertz CT molecular complexity index is 1260. The topological polar surface area (TPSA) is 90.4 Å². The van der Waals surface area contributed by atoms with E-state index >= 15 is 0 Å². The third-order valence-electron chi connectivity index (χ3n) is 4.67. The molecule has 3 aromatic carbocycles. The van der Waals surface area contributed by atoms with Crippen LogP contribution in [0, 0.1) is 5.82 Å². The molecule has 1 aromatic heterocycles. The van der Waals surface area contributed by atoms with Gasteiger partial charge in [0.05, 0.1) is 5.56 Å². The number of ether oxygens (including phenoxy) is 2. The summed E-state index contributed by atoms with van der Waals surface area (Å²) in [7, 11) is 0. The smallest absolute Gasteiger partial charge is 0.338 e. The molecule has 172 valence electrons. The van der Waals surface area contributed by atoms with Crippen LogP contribution in [0.3, 0.4) is 0 Å². The van der Waals surface area contributed by atoms with Gasteiger partial charge in [0.25, 0.3) is 5.91 Å². The van der Waals surface area contributed by atoms with Crippen molar-refractivity contribution >= 4 is 23.2 Å². The molecule has 0 radical (unpaired) electrons. The van der Waals surface area contributed by atoms with E-state index in [2.05, 4.69) is 15.5 Å². The van der Waals surface area contributed by atoms with Gasteiger partial charge < -0.3 is 14.8 Å². The highest BCUT2D eigenvalue weighted by molar-refractivity contribution is 7.13. The molecule has 4 rings (SSSR count). The number of nitrogens with zero attached hydrogens (tertiary/aromatic N) is 2. The molecule has 0 unspecified atom stereocenters. The molecule has 0 bridgehead atoms. The van der Waals surface area contributed by atoms with Crippen LogP contribution in [-0.2, 0) is 24.5 Å². The Kier molecular flexibility index (Phi) is 7.56. The van der Waals surface area contributed by atoms with Gasteiger partial charge in [-0.1, -0.05) is 59.9 Å². The Morgan fingerprint density at radius 1 is 0.882 bits per heavy atom. The van der Waals surface area contributed by atoms with Crippen LogP contribution in [0.5, 0.6) is 5.75 Å². The van der Waals surface area contributed by atoms with Crippen LogP contribution < -0.4 is 10.1 Å². The van der Waals surface area contributed by atoms with E-state index < -0.39 is 11.9 Å². The Labute approximate surface area is 199 Å². The normalized spacial score (nSPS) is 10.5. The summed E-state index contributed by atoms with van der Waals surface area (Å²) in [4.78, 5) is 24.7. The third-order valence-corrected chi connectivity index (χ3v) is 5.57. The van der Waals surface area contributed by atoms with Crippen molar-refractivity contribution in [2.45, 2.75) is 19.8 Å². The van der Waals surface area contributed by atoms with Gasteiger partial charge in [-0.05, 0) is 41.5 Å². The minimum absolute atomic E-state index is 0.114. The Morgan fingerprint density at radius 2 is 1.68 bits per heavy atom. The lowest BCUT2D eigenvalue weighted by molar-refractivity contribution is 0.0471. The molecule has 0 aliphatic carbocycles. The van der Waals surface area contributed by atoms with Crippen molar-refractivity contribution < 1.29 is 23.5 Å². The van der Waals surface area contributed by atoms with Gasteiger partial charge in [0.2, 0.25) is 5.01 Å². The second-order valence-corrected chi connectivity index (χ2v) is 8.25. The molecule has 7 nitrogen and oxygen atoms in total. The molecule has 0 fully saturated rings. The highest BCUT2D eigenvalue weighted by atomic mass is 32.1. The van der Waals surface area contributed by atoms with Gasteiger partial charge in [-0.2, -0.15) is 0 Å². The van der Waals surface area contributed by atoms with Crippen LogP contribution in [0.1, 0.15) is 36.3 Å². The van der Waals surface area contributed by atoms with Gasteiger partial charge in [-0.15, -0.1) is 10.2 Å².